The van der Waals surface area contributed by atoms with Gasteiger partial charge in [0.05, 0.1) is 5.56 Å². The number of ketones is 1. The summed E-state index contributed by atoms with van der Waals surface area (Å²) in [4.78, 5) is 21.6. The van der Waals surface area contributed by atoms with Crippen LogP contribution in [0.25, 0.3) is 0 Å². The lowest BCUT2D eigenvalue weighted by Gasteiger charge is -2.03. The van der Waals surface area contributed by atoms with Gasteiger partial charge in [-0.05, 0) is 41.6 Å². The van der Waals surface area contributed by atoms with Crippen LogP contribution in [0.4, 0.5) is 4.39 Å². The molecule has 0 heterocycles. The summed E-state index contributed by atoms with van der Waals surface area (Å²) in [6.07, 6.45) is 0.502. The van der Waals surface area contributed by atoms with Gasteiger partial charge in [-0.2, -0.15) is 0 Å². The molecule has 0 amide bonds. The molecule has 0 aromatic heterocycles. The van der Waals surface area contributed by atoms with Crippen LogP contribution in [0, 0.1) is 9.39 Å². The van der Waals surface area contributed by atoms with Crippen molar-refractivity contribution >= 4 is 34.7 Å². The van der Waals surface area contributed by atoms with E-state index in [4.69, 9.17) is 0 Å². The minimum atomic E-state index is -0.644. The minimum Gasteiger partial charge on any atom is -0.298 e. The molecule has 68 valence electrons. The average Bonchev–Trinajstić information content (AvgIpc) is 2.07. The molecule has 1 rings (SSSR count). The monoisotopic (exact) mass is 292 g/mol. The molecule has 4 heteroatoms. The summed E-state index contributed by atoms with van der Waals surface area (Å²) >= 11 is 1.89. The topological polar surface area (TPSA) is 34.1 Å². The number of rotatable bonds is 2. The largest absolute Gasteiger partial charge is 0.298 e. The Morgan fingerprint density at radius 1 is 1.54 bits per heavy atom. The molecule has 0 spiro atoms. The molecule has 0 aliphatic carbocycles. The Morgan fingerprint density at radius 2 is 2.15 bits per heavy atom. The van der Waals surface area contributed by atoms with Crippen molar-refractivity contribution in [3.05, 3.63) is 32.6 Å². The van der Waals surface area contributed by atoms with E-state index in [1.807, 2.05) is 22.6 Å². The van der Waals surface area contributed by atoms with Gasteiger partial charge in [-0.25, -0.2) is 4.39 Å². The zero-order chi connectivity index (χ0) is 10.0. The highest BCUT2D eigenvalue weighted by molar-refractivity contribution is 14.1. The van der Waals surface area contributed by atoms with E-state index in [2.05, 4.69) is 0 Å². The van der Waals surface area contributed by atoms with E-state index >= 15 is 0 Å². The molecule has 0 bridgehead atoms. The van der Waals surface area contributed by atoms with Crippen molar-refractivity contribution in [2.75, 3.05) is 0 Å². The Bertz CT molecular complexity index is 374. The van der Waals surface area contributed by atoms with Crippen LogP contribution in [0.5, 0.6) is 0 Å². The van der Waals surface area contributed by atoms with Crippen LogP contribution in [0.1, 0.15) is 27.6 Å². The number of halogens is 2. The van der Waals surface area contributed by atoms with Crippen LogP contribution in [0.15, 0.2) is 12.1 Å². The maximum atomic E-state index is 13.1. The maximum Gasteiger partial charge on any atom is 0.163 e. The van der Waals surface area contributed by atoms with E-state index in [0.717, 1.165) is 0 Å². The molecule has 0 N–H and O–H groups in total. The van der Waals surface area contributed by atoms with Crippen LogP contribution in [-0.2, 0) is 0 Å². The van der Waals surface area contributed by atoms with Crippen molar-refractivity contribution in [3.8, 4) is 0 Å². The molecule has 0 saturated carbocycles. The van der Waals surface area contributed by atoms with Crippen LogP contribution in [0.2, 0.25) is 0 Å². The summed E-state index contributed by atoms with van der Waals surface area (Å²) < 4.78 is 13.7. The van der Waals surface area contributed by atoms with Gasteiger partial charge < -0.3 is 0 Å². The summed E-state index contributed by atoms with van der Waals surface area (Å²) in [6.45, 7) is 1.24. The van der Waals surface area contributed by atoms with Crippen LogP contribution >= 0.6 is 22.6 Å². The van der Waals surface area contributed by atoms with Gasteiger partial charge in [0.25, 0.3) is 0 Å². The molecular weight excluding hydrogens is 286 g/mol. The molecule has 0 aliphatic heterocycles. The maximum absolute atomic E-state index is 13.1. The number of benzene rings is 1. The number of Topliss-reactive ketones (excluding diaryl/α,β-unsaturated/α-hetero) is 1. The van der Waals surface area contributed by atoms with E-state index in [0.29, 0.717) is 9.86 Å². The third-order valence-corrected chi connectivity index (χ3v) is 2.55. The molecule has 0 aliphatic rings. The molecular formula is C9H6FIO2. The van der Waals surface area contributed by atoms with Crippen molar-refractivity contribution in [2.24, 2.45) is 0 Å². The van der Waals surface area contributed by atoms with Gasteiger partial charge in [0.1, 0.15) is 5.82 Å². The lowest BCUT2D eigenvalue weighted by atomic mass is 10.1. The number of carbonyl (C=O) groups excluding carboxylic acids is 2. The van der Waals surface area contributed by atoms with Crippen LogP contribution < -0.4 is 0 Å². The second-order valence-electron chi connectivity index (χ2n) is 2.49. The average molecular weight is 292 g/mol. The Morgan fingerprint density at radius 3 is 2.54 bits per heavy atom. The molecule has 13 heavy (non-hydrogen) atoms. The Hall–Kier alpha value is -0.780. The fourth-order valence-electron chi connectivity index (χ4n) is 1.04. The predicted octanol–water partition coefficient (Wildman–Crippen LogP) is 2.45. The van der Waals surface area contributed by atoms with Crippen molar-refractivity contribution < 1.29 is 14.0 Å². The summed E-state index contributed by atoms with van der Waals surface area (Å²) in [5, 5.41) is 0. The molecule has 0 unspecified atom stereocenters. The highest BCUT2D eigenvalue weighted by Crippen LogP contribution is 2.18. The number of hydrogen-bond donors (Lipinski definition) is 0. The highest BCUT2D eigenvalue weighted by atomic mass is 127. The molecule has 2 nitrogen and oxygen atoms in total. The van der Waals surface area contributed by atoms with Gasteiger partial charge in [0.15, 0.2) is 12.1 Å². The van der Waals surface area contributed by atoms with Crippen molar-refractivity contribution in [2.45, 2.75) is 6.92 Å². The fraction of sp³-hybridized carbons (Fsp3) is 0.111. The van der Waals surface area contributed by atoms with Gasteiger partial charge in [-0.1, -0.05) is 0 Å². The van der Waals surface area contributed by atoms with Crippen molar-refractivity contribution in [1.82, 2.24) is 0 Å². The number of carbonyl (C=O) groups is 2. The molecule has 0 saturated heterocycles. The fourth-order valence-corrected chi connectivity index (χ4v) is 1.62. The highest BCUT2D eigenvalue weighted by Gasteiger charge is 2.14. The second-order valence-corrected chi connectivity index (χ2v) is 3.65. The summed E-state index contributed by atoms with van der Waals surface area (Å²) in [6, 6.07) is 2.65. The van der Waals surface area contributed by atoms with Crippen LogP contribution in [0.3, 0.4) is 0 Å². The first-order chi connectivity index (χ1) is 6.07. The van der Waals surface area contributed by atoms with Gasteiger partial charge in [-0.15, -0.1) is 0 Å². The third-order valence-electron chi connectivity index (χ3n) is 1.61. The lowest BCUT2D eigenvalue weighted by molar-refractivity contribution is 0.100. The van der Waals surface area contributed by atoms with Gasteiger partial charge >= 0.3 is 0 Å². The standard InChI is InChI=1S/C9H6FIO2/c1-5(13)9-6(4-12)8(11)3-2-7(9)10/h2-4H,1H3. The van der Waals surface area contributed by atoms with Gasteiger partial charge in [0.2, 0.25) is 0 Å². The van der Waals surface area contributed by atoms with Gasteiger partial charge in [-0.3, -0.25) is 9.59 Å². The quantitative estimate of drug-likeness (QED) is 0.476. The molecule has 1 aromatic rings. The zero-order valence-corrected chi connectivity index (χ0v) is 8.96. The molecule has 0 radical (unpaired) electrons. The first kappa shape index (κ1) is 10.3. The van der Waals surface area contributed by atoms with E-state index in [-0.39, 0.29) is 11.1 Å². The Balaban J connectivity index is 3.52. The van der Waals surface area contributed by atoms with E-state index < -0.39 is 11.6 Å². The molecule has 0 fully saturated rings. The summed E-state index contributed by atoms with van der Waals surface area (Å²) in [7, 11) is 0. The predicted molar refractivity (Wildman–Crippen MR) is 54.5 cm³/mol. The van der Waals surface area contributed by atoms with Crippen LogP contribution in [-0.4, -0.2) is 12.1 Å². The smallest absolute Gasteiger partial charge is 0.163 e. The SMILES string of the molecule is CC(=O)c1c(F)ccc(I)c1C=O. The summed E-state index contributed by atoms with van der Waals surface area (Å²) in [5.41, 5.74) is 0.00926. The third kappa shape index (κ3) is 1.93. The normalized spacial score (nSPS) is 9.77. The van der Waals surface area contributed by atoms with Crippen molar-refractivity contribution in [3.63, 3.8) is 0 Å². The van der Waals surface area contributed by atoms with Gasteiger partial charge in [0, 0.05) is 9.13 Å². The molecule has 1 aromatic carbocycles. The first-order valence-electron chi connectivity index (χ1n) is 3.52. The van der Waals surface area contributed by atoms with E-state index in [1.54, 1.807) is 0 Å². The Labute approximate surface area is 88.3 Å². The van der Waals surface area contributed by atoms with E-state index in [1.165, 1.54) is 19.1 Å². The molecule has 0 atom stereocenters. The summed E-state index contributed by atoms with van der Waals surface area (Å²) in [5.74, 6) is -1.08. The number of hydrogen-bond acceptors (Lipinski definition) is 2. The number of aldehydes is 1. The second kappa shape index (κ2) is 3.95. The lowest BCUT2D eigenvalue weighted by Crippen LogP contribution is -2.04. The Kier molecular flexibility index (Phi) is 3.13. The van der Waals surface area contributed by atoms with E-state index in [9.17, 15) is 14.0 Å². The first-order valence-corrected chi connectivity index (χ1v) is 4.60. The van der Waals surface area contributed by atoms with Crippen molar-refractivity contribution in [1.29, 1.82) is 0 Å². The minimum absolute atomic E-state index is 0.123. The zero-order valence-electron chi connectivity index (χ0n) is 6.80.